The van der Waals surface area contributed by atoms with Crippen LogP contribution in [0.15, 0.2) is 29.8 Å². The maximum atomic E-state index is 11.1. The first-order valence-corrected chi connectivity index (χ1v) is 4.75. The van der Waals surface area contributed by atoms with Gasteiger partial charge >= 0.3 is 11.9 Å². The number of esters is 2. The Labute approximate surface area is 91.3 Å². The second-order valence-electron chi connectivity index (χ2n) is 3.13. The van der Waals surface area contributed by atoms with Gasteiger partial charge in [0.2, 0.25) is 0 Å². The number of cyclic esters (lactones) is 2. The standard InChI is InChI=1S/C11H7ClO3/c12-9-4-2-1-3-7(9)5-8-6-10(13)15-11(8)14/h1-5H,6H2/b8-5+. The molecule has 76 valence electrons. The lowest BCUT2D eigenvalue weighted by Gasteiger charge is -1.97. The van der Waals surface area contributed by atoms with Gasteiger partial charge in [-0.3, -0.25) is 4.79 Å². The summed E-state index contributed by atoms with van der Waals surface area (Å²) in [6.45, 7) is 0. The van der Waals surface area contributed by atoms with E-state index in [9.17, 15) is 9.59 Å². The van der Waals surface area contributed by atoms with Crippen LogP contribution in [0.3, 0.4) is 0 Å². The number of halogens is 1. The average Bonchev–Trinajstić information content (AvgIpc) is 2.49. The summed E-state index contributed by atoms with van der Waals surface area (Å²) in [4.78, 5) is 22.0. The number of carbonyl (C=O) groups excluding carboxylic acids is 2. The van der Waals surface area contributed by atoms with Crippen molar-refractivity contribution in [2.75, 3.05) is 0 Å². The molecule has 1 aromatic carbocycles. The summed E-state index contributed by atoms with van der Waals surface area (Å²) in [6, 6.07) is 7.09. The van der Waals surface area contributed by atoms with Gasteiger partial charge in [-0.1, -0.05) is 29.8 Å². The third kappa shape index (κ3) is 2.07. The third-order valence-electron chi connectivity index (χ3n) is 2.04. The zero-order valence-electron chi connectivity index (χ0n) is 7.70. The van der Waals surface area contributed by atoms with E-state index in [0.29, 0.717) is 16.2 Å². The first-order chi connectivity index (χ1) is 7.16. The van der Waals surface area contributed by atoms with Gasteiger partial charge in [-0.15, -0.1) is 0 Å². The minimum Gasteiger partial charge on any atom is -0.389 e. The van der Waals surface area contributed by atoms with Gasteiger partial charge in [-0.25, -0.2) is 4.79 Å². The van der Waals surface area contributed by atoms with Crippen LogP contribution >= 0.6 is 11.6 Å². The molecule has 1 fully saturated rings. The lowest BCUT2D eigenvalue weighted by Crippen LogP contribution is -1.96. The quantitative estimate of drug-likeness (QED) is 0.416. The lowest BCUT2D eigenvalue weighted by atomic mass is 10.1. The van der Waals surface area contributed by atoms with Crippen molar-refractivity contribution < 1.29 is 14.3 Å². The van der Waals surface area contributed by atoms with E-state index in [1.165, 1.54) is 0 Å². The summed E-state index contributed by atoms with van der Waals surface area (Å²) in [5.41, 5.74) is 1.05. The van der Waals surface area contributed by atoms with Crippen molar-refractivity contribution in [3.05, 3.63) is 40.4 Å². The van der Waals surface area contributed by atoms with Crippen LogP contribution in [0.4, 0.5) is 0 Å². The molecule has 0 radical (unpaired) electrons. The van der Waals surface area contributed by atoms with Crippen molar-refractivity contribution >= 4 is 29.6 Å². The zero-order chi connectivity index (χ0) is 10.8. The summed E-state index contributed by atoms with van der Waals surface area (Å²) in [5.74, 6) is -1.10. The Morgan fingerprint density at radius 1 is 1.27 bits per heavy atom. The molecule has 0 N–H and O–H groups in total. The molecule has 1 aromatic rings. The number of benzene rings is 1. The molecule has 3 nitrogen and oxygen atoms in total. The smallest absolute Gasteiger partial charge is 0.342 e. The van der Waals surface area contributed by atoms with E-state index in [1.807, 2.05) is 0 Å². The molecule has 4 heteroatoms. The predicted molar refractivity (Wildman–Crippen MR) is 55.1 cm³/mol. The maximum Gasteiger partial charge on any atom is 0.342 e. The first kappa shape index (κ1) is 9.93. The summed E-state index contributed by atoms with van der Waals surface area (Å²) in [7, 11) is 0. The summed E-state index contributed by atoms with van der Waals surface area (Å²) < 4.78 is 4.40. The van der Waals surface area contributed by atoms with Gasteiger partial charge in [-0.2, -0.15) is 0 Å². The minimum atomic E-state index is -0.583. The largest absolute Gasteiger partial charge is 0.389 e. The van der Waals surface area contributed by atoms with Gasteiger partial charge in [0.15, 0.2) is 0 Å². The molecule has 0 spiro atoms. The molecular weight excluding hydrogens is 216 g/mol. The van der Waals surface area contributed by atoms with Crippen LogP contribution in [0.5, 0.6) is 0 Å². The number of hydrogen-bond donors (Lipinski definition) is 0. The third-order valence-corrected chi connectivity index (χ3v) is 2.38. The molecule has 1 aliphatic rings. The van der Waals surface area contributed by atoms with E-state index >= 15 is 0 Å². The van der Waals surface area contributed by atoms with E-state index in [0.717, 1.165) is 0 Å². The molecule has 2 rings (SSSR count). The van der Waals surface area contributed by atoms with E-state index in [2.05, 4.69) is 4.74 Å². The van der Waals surface area contributed by atoms with Crippen LogP contribution < -0.4 is 0 Å². The lowest BCUT2D eigenvalue weighted by molar-refractivity contribution is -0.151. The van der Waals surface area contributed by atoms with Crippen LogP contribution in [-0.2, 0) is 14.3 Å². The molecule has 0 saturated carbocycles. The van der Waals surface area contributed by atoms with Gasteiger partial charge in [-0.05, 0) is 17.7 Å². The van der Waals surface area contributed by atoms with E-state index < -0.39 is 11.9 Å². The molecule has 0 bridgehead atoms. The topological polar surface area (TPSA) is 43.4 Å². The fourth-order valence-electron chi connectivity index (χ4n) is 1.32. The highest BCUT2D eigenvalue weighted by molar-refractivity contribution is 6.32. The van der Waals surface area contributed by atoms with Crippen molar-refractivity contribution in [1.29, 1.82) is 0 Å². The Morgan fingerprint density at radius 2 is 2.00 bits per heavy atom. The summed E-state index contributed by atoms with van der Waals surface area (Å²) >= 11 is 5.91. The zero-order valence-corrected chi connectivity index (χ0v) is 8.45. The van der Waals surface area contributed by atoms with Gasteiger partial charge in [0, 0.05) is 10.6 Å². The normalized spacial score (nSPS) is 18.3. The number of hydrogen-bond acceptors (Lipinski definition) is 3. The fraction of sp³-hybridized carbons (Fsp3) is 0.0909. The fourth-order valence-corrected chi connectivity index (χ4v) is 1.51. The highest BCUT2D eigenvalue weighted by Gasteiger charge is 2.26. The Morgan fingerprint density at radius 3 is 2.60 bits per heavy atom. The van der Waals surface area contributed by atoms with Crippen LogP contribution in [0.1, 0.15) is 12.0 Å². The molecular formula is C11H7ClO3. The summed E-state index contributed by atoms with van der Waals surface area (Å²) in [6.07, 6.45) is 1.60. The predicted octanol–water partition coefficient (Wildman–Crippen LogP) is 2.20. The average molecular weight is 223 g/mol. The SMILES string of the molecule is O=C1C/C(=C\c2ccccc2Cl)C(=O)O1. The van der Waals surface area contributed by atoms with Gasteiger partial charge in [0.1, 0.15) is 0 Å². The summed E-state index contributed by atoms with van der Waals surface area (Å²) in [5, 5.41) is 0.539. The van der Waals surface area contributed by atoms with Crippen LogP contribution in [0.25, 0.3) is 6.08 Å². The van der Waals surface area contributed by atoms with E-state index in [4.69, 9.17) is 11.6 Å². The van der Waals surface area contributed by atoms with Crippen molar-refractivity contribution in [2.24, 2.45) is 0 Å². The van der Waals surface area contributed by atoms with Crippen LogP contribution in [0.2, 0.25) is 5.02 Å². The Kier molecular flexibility index (Phi) is 2.56. The van der Waals surface area contributed by atoms with Crippen molar-refractivity contribution in [3.63, 3.8) is 0 Å². The van der Waals surface area contributed by atoms with Crippen LogP contribution in [0, 0.1) is 0 Å². The monoisotopic (exact) mass is 222 g/mol. The first-order valence-electron chi connectivity index (χ1n) is 4.37. The van der Waals surface area contributed by atoms with Crippen molar-refractivity contribution in [2.45, 2.75) is 6.42 Å². The van der Waals surface area contributed by atoms with E-state index in [-0.39, 0.29) is 6.42 Å². The molecule has 0 unspecified atom stereocenters. The molecule has 0 atom stereocenters. The second-order valence-corrected chi connectivity index (χ2v) is 3.54. The van der Waals surface area contributed by atoms with Crippen molar-refractivity contribution in [1.82, 2.24) is 0 Å². The Bertz CT molecular complexity index is 463. The molecule has 0 aromatic heterocycles. The minimum absolute atomic E-state index is 0.0179. The van der Waals surface area contributed by atoms with Gasteiger partial charge in [0.25, 0.3) is 0 Å². The highest BCUT2D eigenvalue weighted by Crippen LogP contribution is 2.22. The van der Waals surface area contributed by atoms with Crippen LogP contribution in [-0.4, -0.2) is 11.9 Å². The molecule has 0 amide bonds. The molecule has 0 aliphatic carbocycles. The highest BCUT2D eigenvalue weighted by atomic mass is 35.5. The second kappa shape index (κ2) is 3.87. The van der Waals surface area contributed by atoms with Gasteiger partial charge < -0.3 is 4.74 Å². The van der Waals surface area contributed by atoms with Gasteiger partial charge in [0.05, 0.1) is 6.42 Å². The molecule has 1 saturated heterocycles. The molecule has 1 aliphatic heterocycles. The number of rotatable bonds is 1. The number of ether oxygens (including phenoxy) is 1. The number of carbonyl (C=O) groups is 2. The van der Waals surface area contributed by atoms with E-state index in [1.54, 1.807) is 30.3 Å². The molecule has 1 heterocycles. The molecule has 15 heavy (non-hydrogen) atoms. The maximum absolute atomic E-state index is 11.1. The Balaban J connectivity index is 2.35. The Hall–Kier alpha value is -1.61. The van der Waals surface area contributed by atoms with Crippen molar-refractivity contribution in [3.8, 4) is 0 Å².